The summed E-state index contributed by atoms with van der Waals surface area (Å²) in [6.45, 7) is 2.44. The molecule has 3 atom stereocenters. The number of rotatable bonds is 7. The number of carbonyl (C=O) groups is 1. The van der Waals surface area contributed by atoms with Crippen molar-refractivity contribution in [3.05, 3.63) is 12.2 Å². The first-order valence-electron chi connectivity index (χ1n) is 6.01. The zero-order valence-electron chi connectivity index (χ0n) is 9.52. The summed E-state index contributed by atoms with van der Waals surface area (Å²) in [5, 5.41) is 3.37. The highest BCUT2D eigenvalue weighted by molar-refractivity contribution is 5.74. The summed E-state index contributed by atoms with van der Waals surface area (Å²) in [4.78, 5) is 10.4. The number of amides is 1. The van der Waals surface area contributed by atoms with Crippen LogP contribution in [0.25, 0.3) is 0 Å². The summed E-state index contributed by atoms with van der Waals surface area (Å²) in [5.41, 5.74) is 4.96. The third-order valence-corrected chi connectivity index (χ3v) is 3.49. The molecule has 0 saturated heterocycles. The summed E-state index contributed by atoms with van der Waals surface area (Å²) in [6.07, 6.45) is 7.40. The summed E-state index contributed by atoms with van der Waals surface area (Å²) in [6, 6.07) is 0. The minimum absolute atomic E-state index is 0.0263. The Balaban J connectivity index is 1.49. The van der Waals surface area contributed by atoms with Gasteiger partial charge in [0.05, 0.1) is 6.61 Å². The second kappa shape index (κ2) is 5.46. The molecule has 90 valence electrons. The highest BCUT2D eigenvalue weighted by Crippen LogP contribution is 2.42. The Hall–Kier alpha value is -0.870. The summed E-state index contributed by atoms with van der Waals surface area (Å²) in [5.74, 6) is 2.02. The third kappa shape index (κ3) is 3.06. The van der Waals surface area contributed by atoms with Gasteiger partial charge >= 0.3 is 0 Å². The monoisotopic (exact) mass is 224 g/mol. The van der Waals surface area contributed by atoms with Gasteiger partial charge in [0.2, 0.25) is 5.91 Å². The first kappa shape index (κ1) is 11.6. The van der Waals surface area contributed by atoms with Gasteiger partial charge < -0.3 is 15.8 Å². The molecule has 4 heteroatoms. The molecule has 0 radical (unpaired) electrons. The Morgan fingerprint density at radius 3 is 2.94 bits per heavy atom. The first-order valence-corrected chi connectivity index (χ1v) is 6.01. The van der Waals surface area contributed by atoms with Crippen molar-refractivity contribution < 1.29 is 9.53 Å². The number of fused-ring (bicyclic) bond motifs is 2. The van der Waals surface area contributed by atoms with Crippen molar-refractivity contribution >= 4 is 5.91 Å². The molecule has 1 saturated carbocycles. The van der Waals surface area contributed by atoms with Gasteiger partial charge in [-0.2, -0.15) is 0 Å². The molecule has 3 unspecified atom stereocenters. The lowest BCUT2D eigenvalue weighted by Gasteiger charge is -2.18. The van der Waals surface area contributed by atoms with Gasteiger partial charge in [0, 0.05) is 6.54 Å². The highest BCUT2D eigenvalue weighted by Gasteiger charge is 2.34. The third-order valence-electron chi connectivity index (χ3n) is 3.49. The maximum Gasteiger partial charge on any atom is 0.243 e. The van der Waals surface area contributed by atoms with Crippen LogP contribution in [0.5, 0.6) is 0 Å². The minimum atomic E-state index is -0.404. The molecular formula is C12H20N2O2. The van der Waals surface area contributed by atoms with Crippen molar-refractivity contribution in [3.63, 3.8) is 0 Å². The number of allylic oxidation sites excluding steroid dienone is 2. The van der Waals surface area contributed by atoms with Gasteiger partial charge in [-0.15, -0.1) is 0 Å². The molecule has 0 aromatic heterocycles. The molecule has 0 aliphatic heterocycles. The van der Waals surface area contributed by atoms with Gasteiger partial charge in [0.1, 0.15) is 6.61 Å². The van der Waals surface area contributed by atoms with Gasteiger partial charge in [-0.1, -0.05) is 12.2 Å². The molecule has 3 N–H and O–H groups in total. The van der Waals surface area contributed by atoms with Crippen LogP contribution in [0.4, 0.5) is 0 Å². The molecule has 4 nitrogen and oxygen atoms in total. The predicted octanol–water partition coefficient (Wildman–Crippen LogP) is 0.290. The predicted molar refractivity (Wildman–Crippen MR) is 61.7 cm³/mol. The van der Waals surface area contributed by atoms with Crippen molar-refractivity contribution in [2.75, 3.05) is 26.3 Å². The van der Waals surface area contributed by atoms with Crippen molar-refractivity contribution in [1.29, 1.82) is 0 Å². The fourth-order valence-corrected chi connectivity index (χ4v) is 2.73. The number of hydrogen-bond donors (Lipinski definition) is 2. The quantitative estimate of drug-likeness (QED) is 0.482. The maximum atomic E-state index is 10.4. The SMILES string of the molecule is NC(=O)COCCNCC1CC2C=CC1C2. The molecule has 2 aliphatic carbocycles. The number of nitrogens with one attached hydrogen (secondary N) is 1. The van der Waals surface area contributed by atoms with E-state index in [-0.39, 0.29) is 6.61 Å². The molecule has 0 spiro atoms. The van der Waals surface area contributed by atoms with Crippen molar-refractivity contribution in [2.24, 2.45) is 23.5 Å². The van der Waals surface area contributed by atoms with Gasteiger partial charge in [0.25, 0.3) is 0 Å². The number of primary amides is 1. The number of nitrogens with two attached hydrogens (primary N) is 1. The maximum absolute atomic E-state index is 10.4. The van der Waals surface area contributed by atoms with Crippen molar-refractivity contribution in [1.82, 2.24) is 5.32 Å². The molecule has 16 heavy (non-hydrogen) atoms. The Labute approximate surface area is 96.2 Å². The van der Waals surface area contributed by atoms with E-state index in [9.17, 15) is 4.79 Å². The van der Waals surface area contributed by atoms with E-state index in [0.29, 0.717) is 6.61 Å². The normalized spacial score (nSPS) is 31.1. The minimum Gasteiger partial charge on any atom is -0.370 e. The molecule has 2 aliphatic rings. The van der Waals surface area contributed by atoms with Crippen molar-refractivity contribution in [3.8, 4) is 0 Å². The summed E-state index contributed by atoms with van der Waals surface area (Å²) < 4.78 is 5.07. The molecule has 1 fully saturated rings. The zero-order chi connectivity index (χ0) is 11.4. The lowest BCUT2D eigenvalue weighted by Crippen LogP contribution is -2.29. The summed E-state index contributed by atoms with van der Waals surface area (Å²) >= 11 is 0. The van der Waals surface area contributed by atoms with E-state index in [1.807, 2.05) is 0 Å². The smallest absolute Gasteiger partial charge is 0.243 e. The van der Waals surface area contributed by atoms with E-state index in [1.54, 1.807) is 0 Å². The highest BCUT2D eigenvalue weighted by atomic mass is 16.5. The number of hydrogen-bond acceptors (Lipinski definition) is 3. The molecule has 0 aromatic carbocycles. The Kier molecular flexibility index (Phi) is 3.96. The number of carbonyl (C=O) groups excluding carboxylic acids is 1. The van der Waals surface area contributed by atoms with Crippen LogP contribution < -0.4 is 11.1 Å². The van der Waals surface area contributed by atoms with Gasteiger partial charge in [-0.05, 0) is 37.1 Å². The average Bonchev–Trinajstić information content (AvgIpc) is 2.84. The van der Waals surface area contributed by atoms with Crippen LogP contribution >= 0.6 is 0 Å². The molecule has 0 aromatic rings. The fourth-order valence-electron chi connectivity index (χ4n) is 2.73. The van der Waals surface area contributed by atoms with Crippen LogP contribution in [0.2, 0.25) is 0 Å². The van der Waals surface area contributed by atoms with E-state index in [4.69, 9.17) is 10.5 Å². The van der Waals surface area contributed by atoms with Crippen LogP contribution in [0.1, 0.15) is 12.8 Å². The van der Waals surface area contributed by atoms with E-state index >= 15 is 0 Å². The Morgan fingerprint density at radius 2 is 2.31 bits per heavy atom. The standard InChI is InChI=1S/C12H20N2O2/c13-12(15)8-16-4-3-14-7-11-6-9-1-2-10(11)5-9/h1-2,9-11,14H,3-8H2,(H2,13,15). The van der Waals surface area contributed by atoms with E-state index in [0.717, 1.165) is 30.8 Å². The number of ether oxygens (including phenoxy) is 1. The van der Waals surface area contributed by atoms with E-state index in [2.05, 4.69) is 17.5 Å². The topological polar surface area (TPSA) is 64.4 Å². The second-order valence-electron chi connectivity index (χ2n) is 4.76. The molecule has 2 bridgehead atoms. The lowest BCUT2D eigenvalue weighted by atomic mass is 9.94. The van der Waals surface area contributed by atoms with Gasteiger partial charge in [-0.25, -0.2) is 0 Å². The molecular weight excluding hydrogens is 204 g/mol. The fraction of sp³-hybridized carbons (Fsp3) is 0.750. The largest absolute Gasteiger partial charge is 0.370 e. The van der Waals surface area contributed by atoms with Crippen LogP contribution in [0.3, 0.4) is 0 Å². The molecule has 2 rings (SSSR count). The Morgan fingerprint density at radius 1 is 1.44 bits per heavy atom. The van der Waals surface area contributed by atoms with Crippen LogP contribution in [0, 0.1) is 17.8 Å². The second-order valence-corrected chi connectivity index (χ2v) is 4.76. The van der Waals surface area contributed by atoms with Crippen LogP contribution in [0.15, 0.2) is 12.2 Å². The van der Waals surface area contributed by atoms with Gasteiger partial charge in [0.15, 0.2) is 0 Å². The first-order chi connectivity index (χ1) is 7.75. The average molecular weight is 224 g/mol. The zero-order valence-corrected chi connectivity index (χ0v) is 9.52. The van der Waals surface area contributed by atoms with Crippen molar-refractivity contribution in [2.45, 2.75) is 12.8 Å². The van der Waals surface area contributed by atoms with Gasteiger partial charge in [-0.3, -0.25) is 4.79 Å². The van der Waals surface area contributed by atoms with Crippen LogP contribution in [-0.2, 0) is 9.53 Å². The molecule has 0 heterocycles. The lowest BCUT2D eigenvalue weighted by molar-refractivity contribution is -0.122. The molecule has 1 amide bonds. The van der Waals surface area contributed by atoms with E-state index in [1.165, 1.54) is 12.8 Å². The van der Waals surface area contributed by atoms with Crippen LogP contribution in [-0.4, -0.2) is 32.2 Å². The Bertz CT molecular complexity index is 278. The van der Waals surface area contributed by atoms with E-state index < -0.39 is 5.91 Å². The summed E-state index contributed by atoms with van der Waals surface area (Å²) in [7, 11) is 0.